The van der Waals surface area contributed by atoms with E-state index >= 15 is 0 Å². The smallest absolute Gasteiger partial charge is 0.259 e. The number of aromatic amines is 1. The van der Waals surface area contributed by atoms with Crippen molar-refractivity contribution in [2.45, 2.75) is 0 Å². The fourth-order valence-electron chi connectivity index (χ4n) is 1.93. The lowest BCUT2D eigenvalue weighted by Gasteiger charge is -2.07. The molecule has 1 aromatic carbocycles. The fraction of sp³-hybridized carbons (Fsp3) is 0. The lowest BCUT2D eigenvalue weighted by atomic mass is 10.1. The number of hydrogen-bond acceptors (Lipinski definition) is 4. The molecule has 0 spiro atoms. The molecule has 104 valence electrons. The fourth-order valence-corrected chi connectivity index (χ4v) is 1.93. The van der Waals surface area contributed by atoms with Crippen molar-refractivity contribution in [2.75, 3.05) is 5.32 Å². The van der Waals surface area contributed by atoms with E-state index in [4.69, 9.17) is 0 Å². The second-order valence-corrected chi connectivity index (χ2v) is 4.39. The normalized spacial score (nSPS) is 10.3. The topological polar surface area (TPSA) is 90.9 Å². The van der Waals surface area contributed by atoms with Crippen molar-refractivity contribution in [3.8, 4) is 17.0 Å². The van der Waals surface area contributed by atoms with E-state index in [0.29, 0.717) is 5.69 Å². The van der Waals surface area contributed by atoms with Crippen LogP contribution in [0.5, 0.6) is 5.75 Å². The van der Waals surface area contributed by atoms with Gasteiger partial charge in [-0.1, -0.05) is 12.1 Å². The van der Waals surface area contributed by atoms with Gasteiger partial charge in [-0.2, -0.15) is 5.10 Å². The molecular formula is C15H12N4O2. The van der Waals surface area contributed by atoms with Crippen LogP contribution in [0.15, 0.2) is 55.0 Å². The molecule has 0 bridgehead atoms. The Morgan fingerprint density at radius 1 is 1.10 bits per heavy atom. The van der Waals surface area contributed by atoms with E-state index in [1.165, 1.54) is 18.5 Å². The molecule has 2 aromatic heterocycles. The van der Waals surface area contributed by atoms with Gasteiger partial charge in [-0.05, 0) is 29.8 Å². The number of carbonyl (C=O) groups excluding carboxylic acids is 1. The Morgan fingerprint density at radius 2 is 1.90 bits per heavy atom. The van der Waals surface area contributed by atoms with Gasteiger partial charge in [0, 0.05) is 18.1 Å². The van der Waals surface area contributed by atoms with Crippen molar-refractivity contribution in [2.24, 2.45) is 0 Å². The molecule has 21 heavy (non-hydrogen) atoms. The highest BCUT2D eigenvalue weighted by atomic mass is 16.3. The molecule has 0 atom stereocenters. The second-order valence-electron chi connectivity index (χ2n) is 4.39. The van der Waals surface area contributed by atoms with Gasteiger partial charge in [0.25, 0.3) is 5.91 Å². The van der Waals surface area contributed by atoms with Crippen LogP contribution in [-0.2, 0) is 0 Å². The number of hydrogen-bond donors (Lipinski definition) is 3. The molecule has 0 saturated heterocycles. The first-order valence-electron chi connectivity index (χ1n) is 6.28. The van der Waals surface area contributed by atoms with E-state index in [-0.39, 0.29) is 17.2 Å². The SMILES string of the molecule is O=C(Nc1ccc(-c2ccn[nH]2)cc1)c1ccncc1O. The molecule has 0 unspecified atom stereocenters. The first kappa shape index (κ1) is 12.9. The zero-order chi connectivity index (χ0) is 14.7. The van der Waals surface area contributed by atoms with Crippen LogP contribution in [0.2, 0.25) is 0 Å². The number of carbonyl (C=O) groups is 1. The summed E-state index contributed by atoms with van der Waals surface area (Å²) < 4.78 is 0. The van der Waals surface area contributed by atoms with E-state index in [2.05, 4.69) is 20.5 Å². The van der Waals surface area contributed by atoms with Crippen molar-refractivity contribution in [1.82, 2.24) is 15.2 Å². The van der Waals surface area contributed by atoms with Gasteiger partial charge in [0.15, 0.2) is 0 Å². The van der Waals surface area contributed by atoms with Crippen molar-refractivity contribution < 1.29 is 9.90 Å². The summed E-state index contributed by atoms with van der Waals surface area (Å²) >= 11 is 0. The number of nitrogens with one attached hydrogen (secondary N) is 2. The zero-order valence-corrected chi connectivity index (χ0v) is 10.9. The van der Waals surface area contributed by atoms with E-state index in [1.807, 2.05) is 18.2 Å². The van der Waals surface area contributed by atoms with Crippen molar-refractivity contribution in [1.29, 1.82) is 0 Å². The summed E-state index contributed by atoms with van der Waals surface area (Å²) in [5, 5.41) is 19.1. The molecule has 1 amide bonds. The summed E-state index contributed by atoms with van der Waals surface area (Å²) in [5.74, 6) is -0.534. The van der Waals surface area contributed by atoms with E-state index in [9.17, 15) is 9.90 Å². The maximum absolute atomic E-state index is 12.0. The lowest BCUT2D eigenvalue weighted by molar-refractivity contribution is 0.102. The first-order chi connectivity index (χ1) is 10.2. The molecule has 3 aromatic rings. The van der Waals surface area contributed by atoms with Crippen molar-refractivity contribution in [3.63, 3.8) is 0 Å². The molecule has 0 fully saturated rings. The van der Waals surface area contributed by atoms with Crippen LogP contribution in [-0.4, -0.2) is 26.2 Å². The molecule has 0 aliphatic heterocycles. The summed E-state index contributed by atoms with van der Waals surface area (Å²) in [6, 6.07) is 10.6. The molecule has 0 radical (unpaired) electrons. The zero-order valence-electron chi connectivity index (χ0n) is 10.9. The van der Waals surface area contributed by atoms with Crippen LogP contribution >= 0.6 is 0 Å². The number of H-pyrrole nitrogens is 1. The van der Waals surface area contributed by atoms with Gasteiger partial charge >= 0.3 is 0 Å². The average Bonchev–Trinajstić information content (AvgIpc) is 3.02. The minimum Gasteiger partial charge on any atom is -0.505 e. The lowest BCUT2D eigenvalue weighted by Crippen LogP contribution is -2.12. The number of benzene rings is 1. The number of nitrogens with zero attached hydrogens (tertiary/aromatic N) is 2. The minimum absolute atomic E-state index is 0.149. The van der Waals surface area contributed by atoms with Gasteiger partial charge in [0.2, 0.25) is 0 Å². The molecule has 3 rings (SSSR count). The molecular weight excluding hydrogens is 268 g/mol. The van der Waals surface area contributed by atoms with Gasteiger partial charge in [-0.15, -0.1) is 0 Å². The number of aromatic hydroxyl groups is 1. The number of pyridine rings is 1. The van der Waals surface area contributed by atoms with Gasteiger partial charge in [-0.25, -0.2) is 0 Å². The third-order valence-electron chi connectivity index (χ3n) is 3.00. The number of aromatic nitrogens is 3. The van der Waals surface area contributed by atoms with Crippen LogP contribution in [0.3, 0.4) is 0 Å². The molecule has 0 aliphatic carbocycles. The molecule has 0 aliphatic rings. The Kier molecular flexibility index (Phi) is 3.34. The van der Waals surface area contributed by atoms with E-state index < -0.39 is 0 Å². The largest absolute Gasteiger partial charge is 0.505 e. The van der Waals surface area contributed by atoms with E-state index in [0.717, 1.165) is 11.3 Å². The second kappa shape index (κ2) is 5.46. The van der Waals surface area contributed by atoms with Gasteiger partial charge in [-0.3, -0.25) is 14.9 Å². The highest BCUT2D eigenvalue weighted by Crippen LogP contribution is 2.20. The Labute approximate surface area is 120 Å². The van der Waals surface area contributed by atoms with Crippen LogP contribution < -0.4 is 5.32 Å². The van der Waals surface area contributed by atoms with Crippen LogP contribution in [0.25, 0.3) is 11.3 Å². The summed E-state index contributed by atoms with van der Waals surface area (Å²) in [6.07, 6.45) is 4.36. The number of amides is 1. The summed E-state index contributed by atoms with van der Waals surface area (Å²) in [4.78, 5) is 15.8. The van der Waals surface area contributed by atoms with Gasteiger partial charge < -0.3 is 10.4 Å². The summed E-state index contributed by atoms with van der Waals surface area (Å²) in [7, 11) is 0. The van der Waals surface area contributed by atoms with Gasteiger partial charge in [0.1, 0.15) is 5.75 Å². The third-order valence-corrected chi connectivity index (χ3v) is 3.00. The Bertz CT molecular complexity index is 752. The highest BCUT2D eigenvalue weighted by molar-refractivity contribution is 6.06. The average molecular weight is 280 g/mol. The Hall–Kier alpha value is -3.15. The first-order valence-corrected chi connectivity index (χ1v) is 6.28. The molecule has 2 heterocycles. The summed E-state index contributed by atoms with van der Waals surface area (Å²) in [6.45, 7) is 0. The van der Waals surface area contributed by atoms with Crippen molar-refractivity contribution in [3.05, 3.63) is 60.6 Å². The van der Waals surface area contributed by atoms with Crippen LogP contribution in [0, 0.1) is 0 Å². The number of anilines is 1. The third kappa shape index (κ3) is 2.74. The molecule has 6 nitrogen and oxygen atoms in total. The minimum atomic E-state index is -0.385. The van der Waals surface area contributed by atoms with Crippen LogP contribution in [0.4, 0.5) is 5.69 Å². The van der Waals surface area contributed by atoms with Gasteiger partial charge in [0.05, 0.1) is 17.5 Å². The predicted octanol–water partition coefficient (Wildman–Crippen LogP) is 2.43. The Morgan fingerprint density at radius 3 is 2.57 bits per heavy atom. The molecule has 0 saturated carbocycles. The standard InChI is InChI=1S/C15H12N4O2/c20-14-9-16-7-5-12(14)15(21)18-11-3-1-10(2-4-11)13-6-8-17-19-13/h1-9,20H,(H,17,19)(H,18,21). The highest BCUT2D eigenvalue weighted by Gasteiger charge is 2.10. The maximum atomic E-state index is 12.0. The Balaban J connectivity index is 1.77. The predicted molar refractivity (Wildman–Crippen MR) is 77.9 cm³/mol. The monoisotopic (exact) mass is 280 g/mol. The molecule has 6 heteroatoms. The van der Waals surface area contributed by atoms with E-state index in [1.54, 1.807) is 18.3 Å². The van der Waals surface area contributed by atoms with Crippen molar-refractivity contribution >= 4 is 11.6 Å². The quantitative estimate of drug-likeness (QED) is 0.687. The summed E-state index contributed by atoms with van der Waals surface area (Å²) in [5.41, 5.74) is 2.69. The molecule has 3 N–H and O–H groups in total. The maximum Gasteiger partial charge on any atom is 0.259 e. The number of rotatable bonds is 3. The van der Waals surface area contributed by atoms with Crippen LogP contribution in [0.1, 0.15) is 10.4 Å².